The Bertz CT molecular complexity index is 634. The van der Waals surface area contributed by atoms with Crippen molar-refractivity contribution in [3.63, 3.8) is 0 Å². The first-order valence-electron chi connectivity index (χ1n) is 5.32. The highest BCUT2D eigenvalue weighted by molar-refractivity contribution is 5.94. The molecule has 0 aliphatic carbocycles. The molecule has 1 aromatic carbocycles. The van der Waals surface area contributed by atoms with Crippen molar-refractivity contribution in [2.24, 2.45) is 27.2 Å². The number of nitrogens with zero attached hydrogens (tertiary/aromatic N) is 3. The first kappa shape index (κ1) is 16.2. The Hall–Kier alpha value is -2.85. The van der Waals surface area contributed by atoms with Crippen molar-refractivity contribution in [3.05, 3.63) is 33.4 Å². The molecule has 0 aliphatic rings. The van der Waals surface area contributed by atoms with Gasteiger partial charge in [0.1, 0.15) is 5.69 Å². The number of nitro groups is 1. The molecule has 0 spiro atoms. The Kier molecular flexibility index (Phi) is 4.36. The molecule has 0 aliphatic heterocycles. The lowest BCUT2D eigenvalue weighted by molar-refractivity contribution is -0.384. The van der Waals surface area contributed by atoms with Crippen LogP contribution in [-0.4, -0.2) is 16.8 Å². The van der Waals surface area contributed by atoms with Crippen molar-refractivity contribution in [2.75, 3.05) is 0 Å². The second kappa shape index (κ2) is 5.64. The van der Waals surface area contributed by atoms with Gasteiger partial charge in [-0.15, -0.1) is 0 Å². The molecule has 0 aromatic heterocycles. The van der Waals surface area contributed by atoms with Crippen LogP contribution in [0.4, 0.5) is 24.5 Å². The molecule has 0 amide bonds. The number of guanidine groups is 2. The Morgan fingerprint density at radius 1 is 1.29 bits per heavy atom. The van der Waals surface area contributed by atoms with Crippen LogP contribution in [0.2, 0.25) is 0 Å². The third-order valence-corrected chi connectivity index (χ3v) is 2.30. The van der Waals surface area contributed by atoms with Crippen molar-refractivity contribution in [3.8, 4) is 0 Å². The zero-order valence-electron chi connectivity index (χ0n) is 10.7. The van der Waals surface area contributed by atoms with Crippen molar-refractivity contribution in [2.45, 2.75) is 13.1 Å². The number of nitrogens with two attached hydrogens (primary N) is 3. The molecule has 0 heterocycles. The standard InChI is InChI=1S/C10H11F3N6O2/c1-4-2-6(17-9(16)18-8(14)15)7(19(20)21)3-5(4)10(11,12)13/h2-3H,1H3,(H6,14,15,16,17,18). The molecule has 0 saturated carbocycles. The number of alkyl halides is 3. The van der Waals surface area contributed by atoms with E-state index in [4.69, 9.17) is 17.2 Å². The van der Waals surface area contributed by atoms with Gasteiger partial charge in [0.2, 0.25) is 5.96 Å². The largest absolute Gasteiger partial charge is 0.416 e. The normalized spacial score (nSPS) is 12.1. The zero-order valence-corrected chi connectivity index (χ0v) is 10.7. The molecule has 0 unspecified atom stereocenters. The van der Waals surface area contributed by atoms with E-state index in [-0.39, 0.29) is 11.3 Å². The molecular weight excluding hydrogens is 293 g/mol. The lowest BCUT2D eigenvalue weighted by Gasteiger charge is -2.10. The number of hydrogen-bond donors (Lipinski definition) is 3. The number of halogens is 3. The van der Waals surface area contributed by atoms with Gasteiger partial charge in [-0.05, 0) is 18.6 Å². The van der Waals surface area contributed by atoms with Gasteiger partial charge >= 0.3 is 6.18 Å². The van der Waals surface area contributed by atoms with Crippen LogP contribution in [0.5, 0.6) is 0 Å². The molecule has 21 heavy (non-hydrogen) atoms. The predicted octanol–water partition coefficient (Wildman–Crippen LogP) is 1.14. The van der Waals surface area contributed by atoms with Gasteiger partial charge in [0.25, 0.3) is 5.69 Å². The average Bonchev–Trinajstić information content (AvgIpc) is 2.24. The molecule has 11 heteroatoms. The topological polar surface area (TPSA) is 146 Å². The summed E-state index contributed by atoms with van der Waals surface area (Å²) in [5.41, 5.74) is 12.8. The fourth-order valence-corrected chi connectivity index (χ4v) is 1.50. The molecule has 0 saturated heterocycles. The number of nitro benzene ring substituents is 1. The fourth-order valence-electron chi connectivity index (χ4n) is 1.50. The number of aryl methyl sites for hydroxylation is 1. The molecule has 6 N–H and O–H groups in total. The van der Waals surface area contributed by atoms with Gasteiger partial charge in [-0.3, -0.25) is 10.1 Å². The summed E-state index contributed by atoms with van der Waals surface area (Å²) in [7, 11) is 0. The van der Waals surface area contributed by atoms with Crippen LogP contribution in [0.15, 0.2) is 22.1 Å². The Morgan fingerprint density at radius 2 is 1.86 bits per heavy atom. The monoisotopic (exact) mass is 304 g/mol. The second-order valence-corrected chi connectivity index (χ2v) is 3.92. The molecule has 0 atom stereocenters. The van der Waals surface area contributed by atoms with Crippen molar-refractivity contribution < 1.29 is 18.1 Å². The number of aliphatic imine (C=N–C) groups is 2. The summed E-state index contributed by atoms with van der Waals surface area (Å²) in [4.78, 5) is 16.7. The maximum absolute atomic E-state index is 12.7. The van der Waals surface area contributed by atoms with E-state index in [2.05, 4.69) is 9.98 Å². The van der Waals surface area contributed by atoms with Gasteiger partial charge in [-0.25, -0.2) is 4.99 Å². The third kappa shape index (κ3) is 4.06. The molecule has 0 radical (unpaired) electrons. The minimum Gasteiger partial charge on any atom is -0.370 e. The van der Waals surface area contributed by atoms with Crippen LogP contribution < -0.4 is 17.2 Å². The quantitative estimate of drug-likeness (QED) is 0.324. The van der Waals surface area contributed by atoms with E-state index in [9.17, 15) is 23.3 Å². The van der Waals surface area contributed by atoms with Crippen LogP contribution in [-0.2, 0) is 6.18 Å². The summed E-state index contributed by atoms with van der Waals surface area (Å²) in [6.45, 7) is 1.14. The van der Waals surface area contributed by atoms with Gasteiger partial charge in [0.05, 0.1) is 10.5 Å². The third-order valence-electron chi connectivity index (χ3n) is 2.30. The van der Waals surface area contributed by atoms with E-state index in [1.807, 2.05) is 0 Å². The van der Waals surface area contributed by atoms with E-state index < -0.39 is 34.3 Å². The smallest absolute Gasteiger partial charge is 0.370 e. The molecule has 8 nitrogen and oxygen atoms in total. The summed E-state index contributed by atoms with van der Waals surface area (Å²) in [5, 5.41) is 10.9. The highest BCUT2D eigenvalue weighted by Crippen LogP contribution is 2.38. The Morgan fingerprint density at radius 3 is 2.29 bits per heavy atom. The number of benzene rings is 1. The molecule has 1 rings (SSSR count). The van der Waals surface area contributed by atoms with Crippen molar-refractivity contribution in [1.82, 2.24) is 0 Å². The summed E-state index contributed by atoms with van der Waals surface area (Å²) in [5.74, 6) is -0.959. The highest BCUT2D eigenvalue weighted by atomic mass is 19.4. The highest BCUT2D eigenvalue weighted by Gasteiger charge is 2.35. The van der Waals surface area contributed by atoms with Crippen LogP contribution in [0.25, 0.3) is 0 Å². The van der Waals surface area contributed by atoms with Gasteiger partial charge in [0, 0.05) is 6.07 Å². The van der Waals surface area contributed by atoms with Gasteiger partial charge in [-0.2, -0.15) is 18.2 Å². The fraction of sp³-hybridized carbons (Fsp3) is 0.200. The van der Waals surface area contributed by atoms with E-state index in [0.717, 1.165) is 13.0 Å². The molecule has 0 bridgehead atoms. The second-order valence-electron chi connectivity index (χ2n) is 3.92. The summed E-state index contributed by atoms with van der Waals surface area (Å²) in [6.07, 6.45) is -4.72. The van der Waals surface area contributed by atoms with E-state index in [1.54, 1.807) is 0 Å². The van der Waals surface area contributed by atoms with Gasteiger partial charge in [-0.1, -0.05) is 0 Å². The van der Waals surface area contributed by atoms with Crippen LogP contribution in [0.3, 0.4) is 0 Å². The van der Waals surface area contributed by atoms with Gasteiger partial charge < -0.3 is 17.2 Å². The summed E-state index contributed by atoms with van der Waals surface area (Å²) >= 11 is 0. The minimum absolute atomic E-state index is 0.246. The zero-order chi connectivity index (χ0) is 16.4. The predicted molar refractivity (Wildman–Crippen MR) is 69.9 cm³/mol. The molecule has 114 valence electrons. The molecule has 1 aromatic rings. The van der Waals surface area contributed by atoms with Crippen LogP contribution >= 0.6 is 0 Å². The van der Waals surface area contributed by atoms with Gasteiger partial charge in [0.15, 0.2) is 5.96 Å². The lowest BCUT2D eigenvalue weighted by Crippen LogP contribution is -2.26. The first-order valence-corrected chi connectivity index (χ1v) is 5.32. The lowest BCUT2D eigenvalue weighted by atomic mass is 10.1. The molecule has 0 fully saturated rings. The molecular formula is C10H11F3N6O2. The summed E-state index contributed by atoms with van der Waals surface area (Å²) < 4.78 is 38.2. The first-order chi connectivity index (χ1) is 9.52. The van der Waals surface area contributed by atoms with Crippen LogP contribution in [0.1, 0.15) is 11.1 Å². The maximum atomic E-state index is 12.7. The Labute approximate surface area is 116 Å². The average molecular weight is 304 g/mol. The van der Waals surface area contributed by atoms with E-state index in [1.165, 1.54) is 0 Å². The number of hydrogen-bond acceptors (Lipinski definition) is 3. The maximum Gasteiger partial charge on any atom is 0.416 e. The van der Waals surface area contributed by atoms with E-state index >= 15 is 0 Å². The Balaban J connectivity index is 3.51. The van der Waals surface area contributed by atoms with Crippen molar-refractivity contribution >= 4 is 23.3 Å². The SMILES string of the molecule is Cc1cc(N=C(N)N=C(N)N)c([N+](=O)[O-])cc1C(F)(F)F. The number of rotatable bonds is 2. The van der Waals surface area contributed by atoms with E-state index in [0.29, 0.717) is 6.07 Å². The minimum atomic E-state index is -4.72. The summed E-state index contributed by atoms with van der Waals surface area (Å²) in [6, 6.07) is 1.27. The van der Waals surface area contributed by atoms with Crippen molar-refractivity contribution in [1.29, 1.82) is 0 Å². The van der Waals surface area contributed by atoms with Crippen LogP contribution in [0, 0.1) is 17.0 Å².